The second-order valence-corrected chi connectivity index (χ2v) is 8.93. The fourth-order valence-corrected chi connectivity index (χ4v) is 4.02. The van der Waals surface area contributed by atoms with Gasteiger partial charge in [0.1, 0.15) is 5.75 Å². The van der Waals surface area contributed by atoms with Gasteiger partial charge >= 0.3 is 5.97 Å². The highest BCUT2D eigenvalue weighted by Gasteiger charge is 2.23. The third-order valence-electron chi connectivity index (χ3n) is 5.41. The quantitative estimate of drug-likeness (QED) is 0.403. The number of carbonyl (C=O) groups excluding carboxylic acids is 1. The van der Waals surface area contributed by atoms with Crippen LogP contribution in [0.4, 0.5) is 0 Å². The molecule has 0 spiro atoms. The molecule has 0 saturated heterocycles. The molecule has 0 heterocycles. The van der Waals surface area contributed by atoms with Crippen LogP contribution in [0.15, 0.2) is 48.5 Å². The van der Waals surface area contributed by atoms with E-state index in [1.54, 1.807) is 0 Å². The van der Waals surface area contributed by atoms with Crippen LogP contribution in [0, 0.1) is 6.92 Å². The molecule has 2 aromatic rings. The molecule has 0 unspecified atom stereocenters. The number of benzene rings is 2. The predicted octanol–water partition coefficient (Wildman–Crippen LogP) is 5.10. The number of ether oxygens (including phenoxy) is 1. The highest BCUT2D eigenvalue weighted by Crippen LogP contribution is 2.36. The summed E-state index contributed by atoms with van der Waals surface area (Å²) in [5.74, 6) is 0.595. The van der Waals surface area contributed by atoms with Gasteiger partial charge in [-0.25, -0.2) is 0 Å². The summed E-state index contributed by atoms with van der Waals surface area (Å²) in [5.41, 5.74) is 3.50. The molecule has 0 aromatic heterocycles. The predicted molar refractivity (Wildman–Crippen MR) is 125 cm³/mol. The molecule has 2 rings (SSSR count). The standard InChI is InChI=1S/C26H38N2O2/c1-19(2)28(20(3)4)16-15-23(22-11-9-8-10-12-22)24-17-21(5)13-14-25(24)30-26(29)18-27(6)7/h8-14,17,19-20,23H,15-16,18H2,1-7H3/t23-/m1/s1. The summed E-state index contributed by atoms with van der Waals surface area (Å²) in [4.78, 5) is 16.7. The maximum atomic E-state index is 12.4. The Balaban J connectivity index is 2.40. The Labute approximate surface area is 182 Å². The zero-order valence-electron chi connectivity index (χ0n) is 19.7. The lowest BCUT2D eigenvalue weighted by molar-refractivity contribution is -0.135. The zero-order valence-corrected chi connectivity index (χ0v) is 19.7. The van der Waals surface area contributed by atoms with E-state index in [2.05, 4.69) is 69.9 Å². The van der Waals surface area contributed by atoms with E-state index in [-0.39, 0.29) is 18.4 Å². The summed E-state index contributed by atoms with van der Waals surface area (Å²) in [6.07, 6.45) is 0.960. The summed E-state index contributed by atoms with van der Waals surface area (Å²) in [7, 11) is 3.74. The lowest BCUT2D eigenvalue weighted by Crippen LogP contribution is -2.38. The van der Waals surface area contributed by atoms with Crippen molar-refractivity contribution in [1.29, 1.82) is 0 Å². The number of hydrogen-bond donors (Lipinski definition) is 0. The molecule has 0 radical (unpaired) electrons. The zero-order chi connectivity index (χ0) is 22.3. The van der Waals surface area contributed by atoms with Gasteiger partial charge in [-0.1, -0.05) is 48.0 Å². The van der Waals surface area contributed by atoms with Gasteiger partial charge in [0.2, 0.25) is 0 Å². The normalized spacial score (nSPS) is 12.8. The van der Waals surface area contributed by atoms with E-state index in [9.17, 15) is 4.79 Å². The first-order chi connectivity index (χ1) is 14.2. The Morgan fingerprint density at radius 1 is 0.967 bits per heavy atom. The van der Waals surface area contributed by atoms with Gasteiger partial charge in [-0.05, 0) is 73.3 Å². The van der Waals surface area contributed by atoms with Crippen molar-refractivity contribution in [2.45, 2.75) is 59.0 Å². The summed E-state index contributed by atoms with van der Waals surface area (Å²) in [6.45, 7) is 12.3. The lowest BCUT2D eigenvalue weighted by Gasteiger charge is -2.32. The molecule has 4 heteroatoms. The van der Waals surface area contributed by atoms with Gasteiger partial charge in [0.25, 0.3) is 0 Å². The molecule has 0 aliphatic heterocycles. The maximum Gasteiger partial charge on any atom is 0.325 e. The first kappa shape index (κ1) is 24.1. The molecule has 0 bridgehead atoms. The Morgan fingerprint density at radius 3 is 2.17 bits per heavy atom. The van der Waals surface area contributed by atoms with Crippen LogP contribution in [0.5, 0.6) is 5.75 Å². The topological polar surface area (TPSA) is 32.8 Å². The van der Waals surface area contributed by atoms with Crippen LogP contribution in [-0.2, 0) is 4.79 Å². The van der Waals surface area contributed by atoms with Crippen molar-refractivity contribution in [3.05, 3.63) is 65.2 Å². The molecule has 4 nitrogen and oxygen atoms in total. The fourth-order valence-electron chi connectivity index (χ4n) is 4.02. The lowest BCUT2D eigenvalue weighted by atomic mass is 9.86. The van der Waals surface area contributed by atoms with Gasteiger partial charge in [-0.15, -0.1) is 0 Å². The van der Waals surface area contributed by atoms with Crippen LogP contribution in [0.1, 0.15) is 56.7 Å². The van der Waals surface area contributed by atoms with E-state index in [0.29, 0.717) is 17.8 Å². The Bertz CT molecular complexity index is 792. The van der Waals surface area contributed by atoms with Crippen LogP contribution >= 0.6 is 0 Å². The molecule has 0 fully saturated rings. The minimum atomic E-state index is -0.233. The van der Waals surface area contributed by atoms with Crippen molar-refractivity contribution >= 4 is 5.97 Å². The van der Waals surface area contributed by atoms with Crippen LogP contribution in [0.2, 0.25) is 0 Å². The maximum absolute atomic E-state index is 12.4. The summed E-state index contributed by atoms with van der Waals surface area (Å²) in [6, 6.07) is 17.6. The molecule has 2 aromatic carbocycles. The smallest absolute Gasteiger partial charge is 0.325 e. The monoisotopic (exact) mass is 410 g/mol. The summed E-state index contributed by atoms with van der Waals surface area (Å²) in [5, 5.41) is 0. The van der Waals surface area contributed by atoms with Crippen LogP contribution in [0.25, 0.3) is 0 Å². The largest absolute Gasteiger partial charge is 0.425 e. The molecule has 0 amide bonds. The van der Waals surface area contributed by atoms with Crippen molar-refractivity contribution in [2.75, 3.05) is 27.2 Å². The molecule has 0 aliphatic carbocycles. The number of rotatable bonds is 10. The van der Waals surface area contributed by atoms with Gasteiger partial charge in [0.15, 0.2) is 0 Å². The molecule has 30 heavy (non-hydrogen) atoms. The van der Waals surface area contributed by atoms with E-state index in [0.717, 1.165) is 18.5 Å². The Morgan fingerprint density at radius 2 is 1.60 bits per heavy atom. The van der Waals surface area contributed by atoms with Crippen molar-refractivity contribution in [3.8, 4) is 5.75 Å². The van der Waals surface area contributed by atoms with E-state index in [1.165, 1.54) is 11.1 Å². The van der Waals surface area contributed by atoms with E-state index in [1.807, 2.05) is 37.2 Å². The van der Waals surface area contributed by atoms with E-state index >= 15 is 0 Å². The number of carbonyl (C=O) groups is 1. The molecule has 0 N–H and O–H groups in total. The van der Waals surface area contributed by atoms with Crippen LogP contribution < -0.4 is 4.74 Å². The molecule has 0 aliphatic rings. The van der Waals surface area contributed by atoms with Crippen molar-refractivity contribution in [1.82, 2.24) is 9.80 Å². The summed E-state index contributed by atoms with van der Waals surface area (Å²) < 4.78 is 5.82. The minimum absolute atomic E-state index is 0.160. The Hall–Kier alpha value is -2.17. The molecular weight excluding hydrogens is 372 g/mol. The SMILES string of the molecule is Cc1ccc(OC(=O)CN(C)C)c([C@H](CCN(C(C)C)C(C)C)c2ccccc2)c1. The average Bonchev–Trinajstić information content (AvgIpc) is 2.66. The van der Waals surface area contributed by atoms with E-state index in [4.69, 9.17) is 4.74 Å². The average molecular weight is 411 g/mol. The van der Waals surface area contributed by atoms with Gasteiger partial charge < -0.3 is 4.74 Å². The molecular formula is C26H38N2O2. The van der Waals surface area contributed by atoms with Gasteiger partial charge in [0.05, 0.1) is 6.54 Å². The third kappa shape index (κ3) is 6.96. The second-order valence-electron chi connectivity index (χ2n) is 8.93. The Kier molecular flexibility index (Phi) is 9.07. The first-order valence-electron chi connectivity index (χ1n) is 11.0. The van der Waals surface area contributed by atoms with Gasteiger partial charge in [-0.2, -0.15) is 0 Å². The minimum Gasteiger partial charge on any atom is -0.425 e. The van der Waals surface area contributed by atoms with Crippen LogP contribution in [0.3, 0.4) is 0 Å². The summed E-state index contributed by atoms with van der Waals surface area (Å²) >= 11 is 0. The van der Waals surface area contributed by atoms with Crippen LogP contribution in [-0.4, -0.2) is 55.0 Å². The third-order valence-corrected chi connectivity index (χ3v) is 5.41. The highest BCUT2D eigenvalue weighted by atomic mass is 16.5. The van der Waals surface area contributed by atoms with Crippen molar-refractivity contribution < 1.29 is 9.53 Å². The number of aryl methyl sites for hydroxylation is 1. The van der Waals surface area contributed by atoms with Gasteiger partial charge in [-0.3, -0.25) is 14.6 Å². The van der Waals surface area contributed by atoms with Gasteiger partial charge in [0, 0.05) is 23.6 Å². The second kappa shape index (κ2) is 11.3. The highest BCUT2D eigenvalue weighted by molar-refractivity contribution is 5.75. The molecule has 0 saturated carbocycles. The number of nitrogens with zero attached hydrogens (tertiary/aromatic N) is 2. The number of hydrogen-bond acceptors (Lipinski definition) is 4. The van der Waals surface area contributed by atoms with E-state index < -0.39 is 0 Å². The molecule has 164 valence electrons. The first-order valence-corrected chi connectivity index (χ1v) is 11.0. The van der Waals surface area contributed by atoms with Crippen molar-refractivity contribution in [3.63, 3.8) is 0 Å². The number of likely N-dealkylation sites (N-methyl/N-ethyl adjacent to an activating group) is 1. The van der Waals surface area contributed by atoms with Crippen molar-refractivity contribution in [2.24, 2.45) is 0 Å². The fraction of sp³-hybridized carbons (Fsp3) is 0.500. The molecule has 1 atom stereocenters. The number of esters is 1.